The number of amides is 1. The summed E-state index contributed by atoms with van der Waals surface area (Å²) in [6, 6.07) is 13.7. The standard InChI is InChI=1S/C26H30N4O3S/c1-16(27-24-20-6-2-5-9-23(20)34(32,33)30-24)25(31)28-21-7-3-4-8-22(21)29-26-13-17-10-18(14-26)12-19(11-17)15-26/h2-9,16-19,29H,10-15H2,1H3,(H,27,30)(H,28,31)/t16-,17?,18?,19?,26?/m0/s1. The molecule has 7 rings (SSSR count). The lowest BCUT2D eigenvalue weighted by Gasteiger charge is -2.57. The smallest absolute Gasteiger partial charge is 0.263 e. The number of carbonyl (C=O) groups is 1. The molecule has 4 bridgehead atoms. The van der Waals surface area contributed by atoms with Crippen molar-refractivity contribution >= 4 is 33.1 Å². The number of benzene rings is 2. The van der Waals surface area contributed by atoms with Gasteiger partial charge < -0.3 is 10.6 Å². The largest absolute Gasteiger partial charge is 0.378 e. The summed E-state index contributed by atoms with van der Waals surface area (Å²) < 4.78 is 27.2. The molecule has 178 valence electrons. The number of carbonyl (C=O) groups excluding carboxylic acids is 1. The second-order valence-corrected chi connectivity index (χ2v) is 12.3. The van der Waals surface area contributed by atoms with Crippen LogP contribution in [0.5, 0.6) is 0 Å². The SMILES string of the molecule is C[C@H](N=C1NS(=O)(=O)c2ccccc21)C(=O)Nc1ccccc1NC12CC3CC(CC(C3)C1)C2. The van der Waals surface area contributed by atoms with Crippen molar-refractivity contribution in [3.63, 3.8) is 0 Å². The lowest BCUT2D eigenvalue weighted by Crippen LogP contribution is -2.54. The van der Waals surface area contributed by atoms with Crippen molar-refractivity contribution in [3.05, 3.63) is 54.1 Å². The summed E-state index contributed by atoms with van der Waals surface area (Å²) in [6.07, 6.45) is 7.78. The fourth-order valence-corrected chi connectivity index (χ4v) is 8.21. The van der Waals surface area contributed by atoms with E-state index >= 15 is 0 Å². The maximum Gasteiger partial charge on any atom is 0.263 e. The van der Waals surface area contributed by atoms with Crippen LogP contribution in [-0.2, 0) is 14.8 Å². The van der Waals surface area contributed by atoms with Crippen LogP contribution in [0.3, 0.4) is 0 Å². The van der Waals surface area contributed by atoms with Crippen molar-refractivity contribution in [2.45, 2.75) is 61.9 Å². The van der Waals surface area contributed by atoms with Crippen LogP contribution in [0.2, 0.25) is 0 Å². The average Bonchev–Trinajstić information content (AvgIpc) is 3.04. The molecule has 34 heavy (non-hydrogen) atoms. The van der Waals surface area contributed by atoms with Gasteiger partial charge in [0.2, 0.25) is 5.91 Å². The maximum atomic E-state index is 13.1. The van der Waals surface area contributed by atoms with Gasteiger partial charge in [0, 0.05) is 11.1 Å². The number of fused-ring (bicyclic) bond motifs is 1. The van der Waals surface area contributed by atoms with Crippen LogP contribution in [0.1, 0.15) is 51.0 Å². The molecule has 0 radical (unpaired) electrons. The van der Waals surface area contributed by atoms with E-state index in [9.17, 15) is 13.2 Å². The van der Waals surface area contributed by atoms with E-state index in [-0.39, 0.29) is 22.2 Å². The van der Waals surface area contributed by atoms with Crippen molar-refractivity contribution in [3.8, 4) is 0 Å². The Hall–Kier alpha value is -2.87. The fourth-order valence-electron chi connectivity index (χ4n) is 6.97. The van der Waals surface area contributed by atoms with E-state index in [1.54, 1.807) is 25.1 Å². The number of nitrogens with one attached hydrogen (secondary N) is 3. The van der Waals surface area contributed by atoms with Crippen molar-refractivity contribution in [1.82, 2.24) is 4.72 Å². The van der Waals surface area contributed by atoms with Crippen molar-refractivity contribution in [2.75, 3.05) is 10.6 Å². The third kappa shape index (κ3) is 3.78. The third-order valence-corrected chi connectivity index (χ3v) is 9.39. The molecule has 0 saturated heterocycles. The van der Waals surface area contributed by atoms with Gasteiger partial charge in [-0.1, -0.05) is 24.3 Å². The normalized spacial score (nSPS) is 32.1. The monoisotopic (exact) mass is 478 g/mol. The van der Waals surface area contributed by atoms with Gasteiger partial charge >= 0.3 is 0 Å². The van der Waals surface area contributed by atoms with Gasteiger partial charge in [-0.15, -0.1) is 0 Å². The summed E-state index contributed by atoms with van der Waals surface area (Å²) >= 11 is 0. The van der Waals surface area contributed by atoms with E-state index in [0.29, 0.717) is 5.56 Å². The Morgan fingerprint density at radius 2 is 1.56 bits per heavy atom. The number of amidine groups is 1. The van der Waals surface area contributed by atoms with Crippen LogP contribution >= 0.6 is 0 Å². The summed E-state index contributed by atoms with van der Waals surface area (Å²) in [5, 5.41) is 6.88. The minimum Gasteiger partial charge on any atom is -0.378 e. The molecule has 4 aliphatic carbocycles. The Morgan fingerprint density at radius 1 is 0.971 bits per heavy atom. The third-order valence-electron chi connectivity index (χ3n) is 7.99. The number of para-hydroxylation sites is 2. The molecular weight excluding hydrogens is 448 g/mol. The number of rotatable bonds is 5. The van der Waals surface area contributed by atoms with Crippen molar-refractivity contribution in [1.29, 1.82) is 0 Å². The Morgan fingerprint density at radius 3 is 2.24 bits per heavy atom. The predicted octanol–water partition coefficient (Wildman–Crippen LogP) is 4.13. The maximum absolute atomic E-state index is 13.1. The summed E-state index contributed by atoms with van der Waals surface area (Å²) in [5.74, 6) is 2.41. The predicted molar refractivity (Wildman–Crippen MR) is 132 cm³/mol. The van der Waals surface area contributed by atoms with Gasteiger partial charge in [-0.25, -0.2) is 8.42 Å². The molecule has 1 amide bonds. The highest BCUT2D eigenvalue weighted by Gasteiger charge is 2.51. The van der Waals surface area contributed by atoms with Crippen LogP contribution in [-0.4, -0.2) is 31.7 Å². The van der Waals surface area contributed by atoms with Gasteiger partial charge in [0.25, 0.3) is 10.0 Å². The number of anilines is 2. The molecule has 3 N–H and O–H groups in total. The highest BCUT2D eigenvalue weighted by atomic mass is 32.2. The van der Waals surface area contributed by atoms with E-state index in [2.05, 4.69) is 20.3 Å². The van der Waals surface area contributed by atoms with Crippen LogP contribution < -0.4 is 15.4 Å². The van der Waals surface area contributed by atoms with Gasteiger partial charge in [-0.3, -0.25) is 14.5 Å². The van der Waals surface area contributed by atoms with Crippen LogP contribution in [0.4, 0.5) is 11.4 Å². The quantitative estimate of drug-likeness (QED) is 0.602. The number of sulfonamides is 1. The molecule has 0 unspecified atom stereocenters. The van der Waals surface area contributed by atoms with Gasteiger partial charge in [-0.2, -0.15) is 0 Å². The summed E-state index contributed by atoms with van der Waals surface area (Å²) in [7, 11) is -3.64. The fraction of sp³-hybridized carbons (Fsp3) is 0.462. The Bertz CT molecular complexity index is 1250. The lowest BCUT2D eigenvalue weighted by atomic mass is 9.53. The van der Waals surface area contributed by atoms with Crippen molar-refractivity contribution < 1.29 is 13.2 Å². The van der Waals surface area contributed by atoms with Gasteiger partial charge in [0.1, 0.15) is 11.9 Å². The van der Waals surface area contributed by atoms with E-state index in [4.69, 9.17) is 0 Å². The number of hydrogen-bond acceptors (Lipinski definition) is 5. The average molecular weight is 479 g/mol. The lowest BCUT2D eigenvalue weighted by molar-refractivity contribution is -0.117. The molecule has 1 heterocycles. The van der Waals surface area contributed by atoms with Gasteiger partial charge in [0.05, 0.1) is 16.3 Å². The topological polar surface area (TPSA) is 99.7 Å². The molecule has 4 saturated carbocycles. The second kappa shape index (κ2) is 7.83. The first-order chi connectivity index (χ1) is 16.3. The minimum absolute atomic E-state index is 0.132. The van der Waals surface area contributed by atoms with Crippen LogP contribution in [0.15, 0.2) is 58.4 Å². The van der Waals surface area contributed by atoms with E-state index < -0.39 is 16.1 Å². The number of nitrogens with zero attached hydrogens (tertiary/aromatic N) is 1. The van der Waals surface area contributed by atoms with E-state index in [1.165, 1.54) is 44.6 Å². The molecule has 5 aliphatic rings. The Kier molecular flexibility index (Phi) is 4.99. The second-order valence-electron chi connectivity index (χ2n) is 10.6. The Labute approximate surface area is 200 Å². The van der Waals surface area contributed by atoms with E-state index in [0.717, 1.165) is 29.1 Å². The molecule has 4 fully saturated rings. The highest BCUT2D eigenvalue weighted by Crippen LogP contribution is 2.56. The summed E-state index contributed by atoms with van der Waals surface area (Å²) in [6.45, 7) is 1.67. The number of aliphatic imine (C=N–C) groups is 1. The molecule has 1 aliphatic heterocycles. The van der Waals surface area contributed by atoms with Gasteiger partial charge in [-0.05, 0) is 87.5 Å². The zero-order valence-electron chi connectivity index (χ0n) is 19.3. The number of hydrogen-bond donors (Lipinski definition) is 3. The molecule has 1 atom stereocenters. The molecule has 2 aromatic carbocycles. The highest BCUT2D eigenvalue weighted by molar-refractivity contribution is 7.90. The zero-order chi connectivity index (χ0) is 23.5. The molecule has 2 aromatic rings. The van der Waals surface area contributed by atoms with Crippen molar-refractivity contribution in [2.24, 2.45) is 22.7 Å². The van der Waals surface area contributed by atoms with Crippen LogP contribution in [0, 0.1) is 17.8 Å². The zero-order valence-corrected chi connectivity index (χ0v) is 20.1. The first kappa shape index (κ1) is 21.6. The molecular formula is C26H30N4O3S. The van der Waals surface area contributed by atoms with E-state index in [1.807, 2.05) is 24.3 Å². The first-order valence-electron chi connectivity index (χ1n) is 12.2. The molecule has 7 nitrogen and oxygen atoms in total. The molecule has 0 spiro atoms. The summed E-state index contributed by atoms with van der Waals surface area (Å²) in [4.78, 5) is 17.7. The minimum atomic E-state index is -3.64. The first-order valence-corrected chi connectivity index (χ1v) is 13.7. The molecule has 8 heteroatoms. The molecule has 0 aromatic heterocycles. The van der Waals surface area contributed by atoms with Gasteiger partial charge in [0.15, 0.2) is 0 Å². The summed E-state index contributed by atoms with van der Waals surface area (Å²) in [5.41, 5.74) is 2.31. The van der Waals surface area contributed by atoms with Crippen LogP contribution in [0.25, 0.3) is 0 Å². The Balaban J connectivity index is 1.20.